The molecule has 1 aliphatic rings. The van der Waals surface area contributed by atoms with Crippen LogP contribution in [0.5, 0.6) is 0 Å². The van der Waals surface area contributed by atoms with Crippen molar-refractivity contribution in [2.75, 3.05) is 0 Å². The van der Waals surface area contributed by atoms with Crippen molar-refractivity contribution in [3.8, 4) is 0 Å². The fourth-order valence-corrected chi connectivity index (χ4v) is 3.11. The lowest BCUT2D eigenvalue weighted by atomic mass is 9.88. The van der Waals surface area contributed by atoms with Crippen LogP contribution in [0.3, 0.4) is 0 Å². The second-order valence-electron chi connectivity index (χ2n) is 5.46. The van der Waals surface area contributed by atoms with Gasteiger partial charge >= 0.3 is 0 Å². The van der Waals surface area contributed by atoms with E-state index in [2.05, 4.69) is 47.0 Å². The van der Waals surface area contributed by atoms with E-state index in [4.69, 9.17) is 12.2 Å². The number of thiocarbonyl (C=S) groups is 1. The Morgan fingerprint density at radius 2 is 1.81 bits per heavy atom. The van der Waals surface area contributed by atoms with Crippen LogP contribution in [-0.4, -0.2) is 5.11 Å². The van der Waals surface area contributed by atoms with Gasteiger partial charge in [-0.25, -0.2) is 0 Å². The summed E-state index contributed by atoms with van der Waals surface area (Å²) in [5.74, 6) is 0. The zero-order valence-electron chi connectivity index (χ0n) is 12.0. The number of nitrogens with one attached hydrogen (secondary N) is 2. The largest absolute Gasteiger partial charge is 0.359 e. The number of rotatable bonds is 3. The van der Waals surface area contributed by atoms with Crippen LogP contribution in [0.15, 0.2) is 54.6 Å². The Bertz CT molecular complexity index is 610. The lowest BCUT2D eigenvalue weighted by molar-refractivity contribution is 0.523. The van der Waals surface area contributed by atoms with Crippen LogP contribution in [0.2, 0.25) is 0 Å². The molecule has 0 spiro atoms. The molecule has 2 N–H and O–H groups in total. The molecule has 0 saturated carbocycles. The summed E-state index contributed by atoms with van der Waals surface area (Å²) in [5, 5.41) is 7.50. The molecule has 3 rings (SSSR count). The third-order valence-electron chi connectivity index (χ3n) is 3.97. The summed E-state index contributed by atoms with van der Waals surface area (Å²) in [7, 11) is 0. The van der Waals surface area contributed by atoms with Gasteiger partial charge in [0.25, 0.3) is 0 Å². The van der Waals surface area contributed by atoms with Crippen molar-refractivity contribution in [1.29, 1.82) is 0 Å². The molecule has 0 bridgehead atoms. The maximum Gasteiger partial charge on any atom is 0.167 e. The van der Waals surface area contributed by atoms with Crippen molar-refractivity contribution in [3.63, 3.8) is 0 Å². The minimum absolute atomic E-state index is 0.339. The van der Waals surface area contributed by atoms with Crippen LogP contribution in [-0.2, 0) is 13.0 Å². The van der Waals surface area contributed by atoms with Crippen LogP contribution in [0.25, 0.3) is 0 Å². The van der Waals surface area contributed by atoms with E-state index in [1.54, 1.807) is 0 Å². The van der Waals surface area contributed by atoms with Crippen LogP contribution >= 0.6 is 12.2 Å². The summed E-state index contributed by atoms with van der Waals surface area (Å²) in [6.07, 6.45) is 3.54. The highest BCUT2D eigenvalue weighted by Gasteiger charge is 2.19. The number of hydrogen-bond donors (Lipinski definition) is 2. The molecule has 2 aromatic carbocycles. The van der Waals surface area contributed by atoms with Gasteiger partial charge in [-0.15, -0.1) is 0 Å². The molecule has 3 heteroatoms. The third-order valence-corrected chi connectivity index (χ3v) is 4.23. The van der Waals surface area contributed by atoms with Crippen molar-refractivity contribution in [2.24, 2.45) is 0 Å². The van der Waals surface area contributed by atoms with Gasteiger partial charge in [-0.05, 0) is 48.2 Å². The number of fused-ring (bicyclic) bond motifs is 1. The van der Waals surface area contributed by atoms with Gasteiger partial charge in [0.1, 0.15) is 0 Å². The average Bonchev–Trinajstić information content (AvgIpc) is 2.54. The molecule has 0 unspecified atom stereocenters. The lowest BCUT2D eigenvalue weighted by Crippen LogP contribution is -2.38. The summed E-state index contributed by atoms with van der Waals surface area (Å²) >= 11 is 5.44. The van der Waals surface area contributed by atoms with Gasteiger partial charge in [0.15, 0.2) is 5.11 Å². The Balaban J connectivity index is 1.58. The Hall–Kier alpha value is -1.87. The SMILES string of the molecule is S=C(NCc1ccccc1)N[C@@H]1CCCc2ccccc21. The van der Waals surface area contributed by atoms with Crippen molar-refractivity contribution in [3.05, 3.63) is 71.3 Å². The van der Waals surface area contributed by atoms with E-state index in [-0.39, 0.29) is 0 Å². The molecular weight excluding hydrogens is 276 g/mol. The van der Waals surface area contributed by atoms with Gasteiger partial charge in [0.2, 0.25) is 0 Å². The monoisotopic (exact) mass is 296 g/mol. The quantitative estimate of drug-likeness (QED) is 0.844. The minimum Gasteiger partial charge on any atom is -0.359 e. The normalized spacial score (nSPS) is 16.9. The zero-order chi connectivity index (χ0) is 14.5. The van der Waals surface area contributed by atoms with E-state index < -0.39 is 0 Å². The lowest BCUT2D eigenvalue weighted by Gasteiger charge is -2.27. The molecule has 0 saturated heterocycles. The molecule has 0 amide bonds. The highest BCUT2D eigenvalue weighted by Crippen LogP contribution is 2.29. The highest BCUT2D eigenvalue weighted by molar-refractivity contribution is 7.80. The second kappa shape index (κ2) is 6.72. The standard InChI is InChI=1S/C18H20N2S/c21-18(19-13-14-7-2-1-3-8-14)20-17-12-6-10-15-9-4-5-11-16(15)17/h1-5,7-9,11,17H,6,10,12-13H2,(H2,19,20,21)/t17-/m1/s1. The summed E-state index contributed by atoms with van der Waals surface area (Å²) in [5.41, 5.74) is 4.09. The Morgan fingerprint density at radius 3 is 2.67 bits per heavy atom. The first-order chi connectivity index (χ1) is 10.3. The van der Waals surface area contributed by atoms with Crippen LogP contribution < -0.4 is 10.6 Å². The molecule has 0 heterocycles. The van der Waals surface area contributed by atoms with E-state index >= 15 is 0 Å². The fourth-order valence-electron chi connectivity index (χ4n) is 2.89. The molecule has 2 nitrogen and oxygen atoms in total. The first-order valence-electron chi connectivity index (χ1n) is 7.49. The summed E-state index contributed by atoms with van der Waals surface area (Å²) in [6, 6.07) is 19.3. The van der Waals surface area contributed by atoms with Gasteiger partial charge < -0.3 is 10.6 Å². The smallest absolute Gasteiger partial charge is 0.167 e. The summed E-state index contributed by atoms with van der Waals surface area (Å²) < 4.78 is 0. The maximum atomic E-state index is 5.44. The van der Waals surface area contributed by atoms with Gasteiger partial charge in [-0.2, -0.15) is 0 Å². The highest BCUT2D eigenvalue weighted by atomic mass is 32.1. The molecular formula is C18H20N2S. The van der Waals surface area contributed by atoms with E-state index in [9.17, 15) is 0 Å². The van der Waals surface area contributed by atoms with Gasteiger partial charge in [0, 0.05) is 6.54 Å². The molecule has 0 radical (unpaired) electrons. The van der Waals surface area contributed by atoms with Crippen molar-refractivity contribution < 1.29 is 0 Å². The Kier molecular flexibility index (Phi) is 4.51. The van der Waals surface area contributed by atoms with E-state index in [1.165, 1.54) is 29.5 Å². The molecule has 1 aliphatic carbocycles. The minimum atomic E-state index is 0.339. The molecule has 0 aromatic heterocycles. The first-order valence-corrected chi connectivity index (χ1v) is 7.90. The zero-order valence-corrected chi connectivity index (χ0v) is 12.8. The van der Waals surface area contributed by atoms with Crippen LogP contribution in [0.1, 0.15) is 35.6 Å². The Morgan fingerprint density at radius 1 is 1.05 bits per heavy atom. The van der Waals surface area contributed by atoms with Crippen LogP contribution in [0.4, 0.5) is 0 Å². The van der Waals surface area contributed by atoms with Gasteiger partial charge in [-0.3, -0.25) is 0 Å². The molecule has 2 aromatic rings. The van der Waals surface area contributed by atoms with Crippen LogP contribution in [0, 0.1) is 0 Å². The third kappa shape index (κ3) is 3.61. The topological polar surface area (TPSA) is 24.1 Å². The van der Waals surface area contributed by atoms with Gasteiger partial charge in [-0.1, -0.05) is 54.6 Å². The van der Waals surface area contributed by atoms with Crippen molar-refractivity contribution in [1.82, 2.24) is 10.6 Å². The molecule has 0 fully saturated rings. The molecule has 0 aliphatic heterocycles. The Labute approximate surface area is 131 Å². The van der Waals surface area contributed by atoms with E-state index in [0.29, 0.717) is 6.04 Å². The first kappa shape index (κ1) is 14.1. The number of aryl methyl sites for hydroxylation is 1. The predicted molar refractivity (Wildman–Crippen MR) is 91.1 cm³/mol. The summed E-state index contributed by atoms with van der Waals surface area (Å²) in [6.45, 7) is 0.765. The second-order valence-corrected chi connectivity index (χ2v) is 5.86. The predicted octanol–water partition coefficient (Wildman–Crippen LogP) is 3.73. The molecule has 108 valence electrons. The fraction of sp³-hybridized carbons (Fsp3) is 0.278. The van der Waals surface area contributed by atoms with E-state index in [0.717, 1.165) is 18.1 Å². The number of benzene rings is 2. The molecule has 21 heavy (non-hydrogen) atoms. The van der Waals surface area contributed by atoms with Crippen molar-refractivity contribution in [2.45, 2.75) is 31.8 Å². The van der Waals surface area contributed by atoms with Crippen molar-refractivity contribution >= 4 is 17.3 Å². The maximum absolute atomic E-state index is 5.44. The molecule has 1 atom stereocenters. The van der Waals surface area contributed by atoms with Gasteiger partial charge in [0.05, 0.1) is 6.04 Å². The number of hydrogen-bond acceptors (Lipinski definition) is 1. The van der Waals surface area contributed by atoms with E-state index in [1.807, 2.05) is 18.2 Å². The average molecular weight is 296 g/mol. The summed E-state index contributed by atoms with van der Waals surface area (Å²) in [4.78, 5) is 0.